The van der Waals surface area contributed by atoms with E-state index in [4.69, 9.17) is 0 Å². The van der Waals surface area contributed by atoms with Crippen LogP contribution in [0.2, 0.25) is 0 Å². The standard InChI is InChI=1S/C18H21N3O3/c1-12(2)20-18(24)19-11-13-7-9-14(10-8-13)17(23)21-15-5-3-4-6-16(15)22/h3-10,12,22H,11H2,1-2H3,(H,21,23)(H2,19,20,24). The lowest BCUT2D eigenvalue weighted by Gasteiger charge is -2.10. The first kappa shape index (κ1) is 17.3. The number of rotatable bonds is 5. The summed E-state index contributed by atoms with van der Waals surface area (Å²) in [5.74, 6) is -0.295. The Morgan fingerprint density at radius 1 is 1.04 bits per heavy atom. The van der Waals surface area contributed by atoms with E-state index < -0.39 is 0 Å². The minimum Gasteiger partial charge on any atom is -0.506 e. The number of hydrogen-bond donors (Lipinski definition) is 4. The fourth-order valence-electron chi connectivity index (χ4n) is 2.04. The Kier molecular flexibility index (Phi) is 5.78. The van der Waals surface area contributed by atoms with Crippen molar-refractivity contribution in [2.45, 2.75) is 26.4 Å². The second-order valence-electron chi connectivity index (χ2n) is 5.65. The zero-order valence-electron chi connectivity index (χ0n) is 13.7. The molecule has 0 saturated heterocycles. The smallest absolute Gasteiger partial charge is 0.315 e. The van der Waals surface area contributed by atoms with Crippen molar-refractivity contribution in [3.8, 4) is 5.75 Å². The molecule has 4 N–H and O–H groups in total. The molecule has 24 heavy (non-hydrogen) atoms. The van der Waals surface area contributed by atoms with Crippen LogP contribution in [-0.4, -0.2) is 23.1 Å². The van der Waals surface area contributed by atoms with E-state index in [0.717, 1.165) is 5.56 Å². The number of amides is 3. The number of para-hydroxylation sites is 2. The van der Waals surface area contributed by atoms with E-state index in [2.05, 4.69) is 16.0 Å². The molecule has 0 aliphatic rings. The van der Waals surface area contributed by atoms with Gasteiger partial charge < -0.3 is 21.1 Å². The first-order valence-electron chi connectivity index (χ1n) is 7.68. The molecular weight excluding hydrogens is 306 g/mol. The molecule has 0 spiro atoms. The maximum atomic E-state index is 12.2. The number of hydrogen-bond acceptors (Lipinski definition) is 3. The molecule has 0 heterocycles. The van der Waals surface area contributed by atoms with Gasteiger partial charge in [0.2, 0.25) is 0 Å². The first-order valence-corrected chi connectivity index (χ1v) is 7.68. The largest absolute Gasteiger partial charge is 0.506 e. The second-order valence-corrected chi connectivity index (χ2v) is 5.65. The summed E-state index contributed by atoms with van der Waals surface area (Å²) in [5.41, 5.74) is 1.71. The van der Waals surface area contributed by atoms with E-state index in [1.165, 1.54) is 6.07 Å². The van der Waals surface area contributed by atoms with Gasteiger partial charge >= 0.3 is 6.03 Å². The Labute approximate surface area is 140 Å². The highest BCUT2D eigenvalue weighted by Gasteiger charge is 2.09. The molecule has 0 saturated carbocycles. The highest BCUT2D eigenvalue weighted by Crippen LogP contribution is 2.22. The van der Waals surface area contributed by atoms with Gasteiger partial charge in [-0.15, -0.1) is 0 Å². The molecule has 3 amide bonds. The van der Waals surface area contributed by atoms with Crippen LogP contribution in [0.5, 0.6) is 5.75 Å². The van der Waals surface area contributed by atoms with Gasteiger partial charge in [0, 0.05) is 18.2 Å². The second kappa shape index (κ2) is 8.01. The fraction of sp³-hybridized carbons (Fsp3) is 0.222. The molecule has 0 atom stereocenters. The molecule has 0 fully saturated rings. The maximum absolute atomic E-state index is 12.2. The number of phenols is 1. The van der Waals surface area contributed by atoms with Gasteiger partial charge in [0.1, 0.15) is 5.75 Å². The normalized spacial score (nSPS) is 10.3. The maximum Gasteiger partial charge on any atom is 0.315 e. The summed E-state index contributed by atoms with van der Waals surface area (Å²) in [6, 6.07) is 13.3. The van der Waals surface area contributed by atoms with Crippen molar-refractivity contribution in [1.82, 2.24) is 10.6 Å². The SMILES string of the molecule is CC(C)NC(=O)NCc1ccc(C(=O)Nc2ccccc2O)cc1. The molecule has 2 aromatic carbocycles. The van der Waals surface area contributed by atoms with Crippen molar-refractivity contribution in [3.63, 3.8) is 0 Å². The van der Waals surface area contributed by atoms with Crippen LogP contribution >= 0.6 is 0 Å². The lowest BCUT2D eigenvalue weighted by atomic mass is 10.1. The Hall–Kier alpha value is -3.02. The van der Waals surface area contributed by atoms with Crippen LogP contribution < -0.4 is 16.0 Å². The van der Waals surface area contributed by atoms with Crippen LogP contribution in [0.1, 0.15) is 29.8 Å². The molecule has 0 aliphatic carbocycles. The average molecular weight is 327 g/mol. The third kappa shape index (κ3) is 5.01. The Morgan fingerprint density at radius 3 is 2.33 bits per heavy atom. The van der Waals surface area contributed by atoms with Crippen LogP contribution in [-0.2, 0) is 6.54 Å². The molecular formula is C18H21N3O3. The quantitative estimate of drug-likeness (QED) is 0.637. The number of carbonyl (C=O) groups is 2. The van der Waals surface area contributed by atoms with E-state index >= 15 is 0 Å². The summed E-state index contributed by atoms with van der Waals surface area (Å²) in [4.78, 5) is 23.7. The van der Waals surface area contributed by atoms with Crippen LogP contribution in [0.3, 0.4) is 0 Å². The van der Waals surface area contributed by atoms with E-state index in [1.54, 1.807) is 42.5 Å². The highest BCUT2D eigenvalue weighted by molar-refractivity contribution is 6.05. The lowest BCUT2D eigenvalue weighted by molar-refractivity contribution is 0.102. The van der Waals surface area contributed by atoms with Crippen LogP contribution in [0.4, 0.5) is 10.5 Å². The molecule has 126 valence electrons. The number of benzene rings is 2. The Balaban J connectivity index is 1.93. The third-order valence-corrected chi connectivity index (χ3v) is 3.24. The number of anilines is 1. The van der Waals surface area contributed by atoms with E-state index in [1.807, 2.05) is 13.8 Å². The van der Waals surface area contributed by atoms with Crippen LogP contribution in [0.15, 0.2) is 48.5 Å². The minimum absolute atomic E-state index is 0.0165. The zero-order valence-corrected chi connectivity index (χ0v) is 13.7. The molecule has 0 radical (unpaired) electrons. The fourth-order valence-corrected chi connectivity index (χ4v) is 2.04. The Bertz CT molecular complexity index is 712. The highest BCUT2D eigenvalue weighted by atomic mass is 16.3. The van der Waals surface area contributed by atoms with Gasteiger partial charge in [0.25, 0.3) is 5.91 Å². The number of phenolic OH excluding ortho intramolecular Hbond substituents is 1. The lowest BCUT2D eigenvalue weighted by Crippen LogP contribution is -2.39. The van der Waals surface area contributed by atoms with E-state index in [9.17, 15) is 14.7 Å². The molecule has 0 aromatic heterocycles. The van der Waals surface area contributed by atoms with Crippen LogP contribution in [0.25, 0.3) is 0 Å². The van der Waals surface area contributed by atoms with Gasteiger partial charge in [-0.05, 0) is 43.7 Å². The van der Waals surface area contributed by atoms with Crippen molar-refractivity contribution in [2.24, 2.45) is 0 Å². The van der Waals surface area contributed by atoms with Crippen molar-refractivity contribution in [1.29, 1.82) is 0 Å². The summed E-state index contributed by atoms with van der Waals surface area (Å²) in [5, 5.41) is 17.8. The monoisotopic (exact) mass is 327 g/mol. The van der Waals surface area contributed by atoms with Crippen molar-refractivity contribution < 1.29 is 14.7 Å². The molecule has 2 rings (SSSR count). The summed E-state index contributed by atoms with van der Waals surface area (Å²) in [7, 11) is 0. The van der Waals surface area contributed by atoms with Crippen molar-refractivity contribution in [2.75, 3.05) is 5.32 Å². The van der Waals surface area contributed by atoms with E-state index in [0.29, 0.717) is 17.8 Å². The minimum atomic E-state index is -0.312. The van der Waals surface area contributed by atoms with Gasteiger partial charge in [0.15, 0.2) is 0 Å². The number of nitrogens with one attached hydrogen (secondary N) is 3. The molecule has 0 unspecified atom stereocenters. The van der Waals surface area contributed by atoms with Gasteiger partial charge in [-0.3, -0.25) is 4.79 Å². The summed E-state index contributed by atoms with van der Waals surface area (Å²) >= 11 is 0. The topological polar surface area (TPSA) is 90.5 Å². The number of aromatic hydroxyl groups is 1. The van der Waals surface area contributed by atoms with Crippen molar-refractivity contribution >= 4 is 17.6 Å². The molecule has 6 nitrogen and oxygen atoms in total. The molecule has 0 bridgehead atoms. The summed E-state index contributed by atoms with van der Waals surface area (Å²) in [6.45, 7) is 4.15. The Morgan fingerprint density at radius 2 is 1.71 bits per heavy atom. The third-order valence-electron chi connectivity index (χ3n) is 3.24. The predicted octanol–water partition coefficient (Wildman–Crippen LogP) is 2.85. The average Bonchev–Trinajstić information content (AvgIpc) is 2.55. The summed E-state index contributed by atoms with van der Waals surface area (Å²) < 4.78 is 0. The summed E-state index contributed by atoms with van der Waals surface area (Å²) in [6.07, 6.45) is 0. The predicted molar refractivity (Wildman–Crippen MR) is 93.0 cm³/mol. The molecule has 6 heteroatoms. The number of urea groups is 1. The van der Waals surface area contributed by atoms with Gasteiger partial charge in [-0.25, -0.2) is 4.79 Å². The first-order chi connectivity index (χ1) is 11.5. The van der Waals surface area contributed by atoms with E-state index in [-0.39, 0.29) is 23.7 Å². The number of carbonyl (C=O) groups excluding carboxylic acids is 2. The zero-order chi connectivity index (χ0) is 17.5. The van der Waals surface area contributed by atoms with Crippen molar-refractivity contribution in [3.05, 3.63) is 59.7 Å². The van der Waals surface area contributed by atoms with Gasteiger partial charge in [-0.1, -0.05) is 24.3 Å². The van der Waals surface area contributed by atoms with Gasteiger partial charge in [0.05, 0.1) is 5.69 Å². The molecule has 0 aliphatic heterocycles. The van der Waals surface area contributed by atoms with Crippen LogP contribution in [0, 0.1) is 0 Å². The van der Waals surface area contributed by atoms with Gasteiger partial charge in [-0.2, -0.15) is 0 Å². The molecule has 2 aromatic rings.